The highest BCUT2D eigenvalue weighted by molar-refractivity contribution is 6.30. The standard InChI is InChI=1S/C18H25ClN6O/c1-20-18(24-5-4-16(13-24)23-6-8-26-9-7-23)21-10-15-12-25-11-14(19)2-3-17(25)22-15/h2-3,11-12,16H,4-10,13H2,1H3,(H,20,21). The number of nitrogens with zero attached hydrogens (tertiary/aromatic N) is 5. The normalized spacial score (nSPS) is 22.3. The van der Waals surface area contributed by atoms with Crippen LogP contribution in [0.2, 0.25) is 5.02 Å². The number of fused-ring (bicyclic) bond motifs is 1. The average molecular weight is 377 g/mol. The molecule has 2 aromatic heterocycles. The van der Waals surface area contributed by atoms with Crippen molar-refractivity contribution < 1.29 is 4.74 Å². The van der Waals surface area contributed by atoms with Crippen LogP contribution in [0.5, 0.6) is 0 Å². The molecule has 1 unspecified atom stereocenters. The van der Waals surface area contributed by atoms with Crippen molar-refractivity contribution in [3.05, 3.63) is 35.2 Å². The zero-order valence-corrected chi connectivity index (χ0v) is 15.8. The lowest BCUT2D eigenvalue weighted by molar-refractivity contribution is 0.0195. The quantitative estimate of drug-likeness (QED) is 0.649. The molecule has 1 N–H and O–H groups in total. The molecule has 0 aliphatic carbocycles. The maximum atomic E-state index is 6.04. The second-order valence-corrected chi connectivity index (χ2v) is 7.22. The number of rotatable bonds is 3. The Kier molecular flexibility index (Phi) is 5.28. The van der Waals surface area contributed by atoms with E-state index < -0.39 is 0 Å². The Morgan fingerprint density at radius 3 is 2.96 bits per heavy atom. The molecule has 2 aliphatic heterocycles. The van der Waals surface area contributed by atoms with Crippen LogP contribution in [0, 0.1) is 0 Å². The van der Waals surface area contributed by atoms with Gasteiger partial charge in [0.15, 0.2) is 5.96 Å². The van der Waals surface area contributed by atoms with Crippen molar-refractivity contribution in [1.82, 2.24) is 24.5 Å². The summed E-state index contributed by atoms with van der Waals surface area (Å²) in [5.74, 6) is 0.941. The fraction of sp³-hybridized carbons (Fsp3) is 0.556. The predicted molar refractivity (Wildman–Crippen MR) is 103 cm³/mol. The van der Waals surface area contributed by atoms with Gasteiger partial charge in [-0.05, 0) is 18.6 Å². The molecular weight excluding hydrogens is 352 g/mol. The summed E-state index contributed by atoms with van der Waals surface area (Å²) in [6.07, 6.45) is 5.05. The largest absolute Gasteiger partial charge is 0.379 e. The minimum absolute atomic E-state index is 0.592. The molecule has 0 amide bonds. The second kappa shape index (κ2) is 7.82. The van der Waals surface area contributed by atoms with Crippen LogP contribution in [0.4, 0.5) is 0 Å². The summed E-state index contributed by atoms with van der Waals surface area (Å²) < 4.78 is 7.42. The molecular formula is C18H25ClN6O. The smallest absolute Gasteiger partial charge is 0.194 e. The Labute approximate surface area is 158 Å². The number of pyridine rings is 1. The number of nitrogens with one attached hydrogen (secondary N) is 1. The second-order valence-electron chi connectivity index (χ2n) is 6.78. The Morgan fingerprint density at radius 1 is 1.31 bits per heavy atom. The van der Waals surface area contributed by atoms with Gasteiger partial charge in [0, 0.05) is 51.7 Å². The van der Waals surface area contributed by atoms with E-state index in [9.17, 15) is 0 Å². The topological polar surface area (TPSA) is 57.4 Å². The first-order chi connectivity index (χ1) is 12.7. The predicted octanol–water partition coefficient (Wildman–Crippen LogP) is 1.47. The van der Waals surface area contributed by atoms with Crippen molar-refractivity contribution in [2.75, 3.05) is 46.4 Å². The van der Waals surface area contributed by atoms with Gasteiger partial charge in [0.25, 0.3) is 0 Å². The lowest BCUT2D eigenvalue weighted by Crippen LogP contribution is -2.46. The molecule has 4 heterocycles. The van der Waals surface area contributed by atoms with Gasteiger partial charge in [0.1, 0.15) is 5.65 Å². The summed E-state index contributed by atoms with van der Waals surface area (Å²) in [6.45, 7) is 6.46. The molecule has 2 fully saturated rings. The molecule has 0 aromatic carbocycles. The maximum Gasteiger partial charge on any atom is 0.194 e. The summed E-state index contributed by atoms with van der Waals surface area (Å²) in [7, 11) is 1.84. The van der Waals surface area contributed by atoms with E-state index in [0.717, 1.165) is 56.7 Å². The monoisotopic (exact) mass is 376 g/mol. The molecule has 7 nitrogen and oxygen atoms in total. The zero-order chi connectivity index (χ0) is 17.9. The van der Waals surface area contributed by atoms with Crippen molar-refractivity contribution in [3.63, 3.8) is 0 Å². The number of aliphatic imine (C=N–C) groups is 1. The van der Waals surface area contributed by atoms with Crippen molar-refractivity contribution in [3.8, 4) is 0 Å². The molecule has 1 atom stereocenters. The van der Waals surface area contributed by atoms with E-state index in [-0.39, 0.29) is 0 Å². The van der Waals surface area contributed by atoms with E-state index >= 15 is 0 Å². The molecule has 2 aliphatic rings. The number of aromatic nitrogens is 2. The molecule has 0 saturated carbocycles. The van der Waals surface area contributed by atoms with Crippen LogP contribution >= 0.6 is 11.6 Å². The van der Waals surface area contributed by atoms with E-state index in [0.29, 0.717) is 17.6 Å². The molecule has 2 aromatic rings. The SMILES string of the molecule is CN=C(NCc1cn2cc(Cl)ccc2n1)N1CCC(N2CCOCC2)C1. The van der Waals surface area contributed by atoms with E-state index in [4.69, 9.17) is 16.3 Å². The third kappa shape index (κ3) is 3.79. The highest BCUT2D eigenvalue weighted by Crippen LogP contribution is 2.17. The highest BCUT2D eigenvalue weighted by Gasteiger charge is 2.30. The maximum absolute atomic E-state index is 6.04. The Hall–Kier alpha value is -1.83. The summed E-state index contributed by atoms with van der Waals surface area (Å²) >= 11 is 6.04. The van der Waals surface area contributed by atoms with E-state index in [1.165, 1.54) is 6.42 Å². The van der Waals surface area contributed by atoms with Crippen LogP contribution in [0.25, 0.3) is 5.65 Å². The zero-order valence-electron chi connectivity index (χ0n) is 15.1. The summed E-state index contributed by atoms with van der Waals surface area (Å²) in [5, 5.41) is 4.16. The highest BCUT2D eigenvalue weighted by atomic mass is 35.5. The number of morpholine rings is 1. The van der Waals surface area contributed by atoms with E-state index in [2.05, 4.69) is 25.1 Å². The first-order valence-electron chi connectivity index (χ1n) is 9.13. The van der Waals surface area contributed by atoms with Gasteiger partial charge in [-0.25, -0.2) is 4.98 Å². The Morgan fingerprint density at radius 2 is 2.15 bits per heavy atom. The number of likely N-dealkylation sites (tertiary alicyclic amines) is 1. The number of hydrogen-bond acceptors (Lipinski definition) is 4. The first kappa shape index (κ1) is 17.6. The number of imidazole rings is 1. The number of halogens is 1. The van der Waals surface area contributed by atoms with E-state index in [1.807, 2.05) is 36.0 Å². The first-order valence-corrected chi connectivity index (χ1v) is 9.51. The molecule has 26 heavy (non-hydrogen) atoms. The van der Waals surface area contributed by atoms with Crippen molar-refractivity contribution in [1.29, 1.82) is 0 Å². The van der Waals surface area contributed by atoms with Crippen LogP contribution < -0.4 is 5.32 Å². The van der Waals surface area contributed by atoms with Crippen molar-refractivity contribution in [2.45, 2.75) is 19.0 Å². The van der Waals surface area contributed by atoms with Crippen molar-refractivity contribution in [2.24, 2.45) is 4.99 Å². The average Bonchev–Trinajstić information content (AvgIpc) is 3.30. The van der Waals surface area contributed by atoms with Gasteiger partial charge in [-0.3, -0.25) is 9.89 Å². The van der Waals surface area contributed by atoms with Gasteiger partial charge in [0.2, 0.25) is 0 Å². The third-order valence-electron chi connectivity index (χ3n) is 5.13. The van der Waals surface area contributed by atoms with Crippen LogP contribution in [0.15, 0.2) is 29.5 Å². The molecule has 140 valence electrons. The number of hydrogen-bond donors (Lipinski definition) is 1. The fourth-order valence-corrected chi connectivity index (χ4v) is 3.95. The summed E-state index contributed by atoms with van der Waals surface area (Å²) in [5.41, 5.74) is 1.87. The fourth-order valence-electron chi connectivity index (χ4n) is 3.78. The van der Waals surface area contributed by atoms with Gasteiger partial charge in [-0.15, -0.1) is 0 Å². The lowest BCUT2D eigenvalue weighted by atomic mass is 10.2. The molecule has 0 spiro atoms. The summed E-state index contributed by atoms with van der Waals surface area (Å²) in [4.78, 5) is 14.0. The van der Waals surface area contributed by atoms with Gasteiger partial charge >= 0.3 is 0 Å². The molecule has 0 radical (unpaired) electrons. The Balaban J connectivity index is 1.35. The van der Waals surface area contributed by atoms with Crippen LogP contribution in [0.3, 0.4) is 0 Å². The Bertz CT molecular complexity index is 785. The molecule has 8 heteroatoms. The number of ether oxygens (including phenoxy) is 1. The van der Waals surface area contributed by atoms with Gasteiger partial charge in [-0.1, -0.05) is 11.6 Å². The van der Waals surface area contributed by atoms with Gasteiger partial charge in [0.05, 0.1) is 30.5 Å². The van der Waals surface area contributed by atoms with Crippen LogP contribution in [-0.2, 0) is 11.3 Å². The van der Waals surface area contributed by atoms with Gasteiger partial charge in [-0.2, -0.15) is 0 Å². The molecule has 0 bridgehead atoms. The molecule has 4 rings (SSSR count). The van der Waals surface area contributed by atoms with E-state index in [1.54, 1.807) is 0 Å². The minimum atomic E-state index is 0.592. The van der Waals surface area contributed by atoms with Crippen LogP contribution in [-0.4, -0.2) is 77.6 Å². The van der Waals surface area contributed by atoms with Crippen molar-refractivity contribution >= 4 is 23.2 Å². The third-order valence-corrected chi connectivity index (χ3v) is 5.35. The number of guanidine groups is 1. The van der Waals surface area contributed by atoms with Gasteiger partial charge < -0.3 is 19.4 Å². The summed E-state index contributed by atoms with van der Waals surface area (Å²) in [6, 6.07) is 4.37. The van der Waals surface area contributed by atoms with Crippen LogP contribution in [0.1, 0.15) is 12.1 Å². The molecule has 2 saturated heterocycles. The minimum Gasteiger partial charge on any atom is -0.379 e. The lowest BCUT2D eigenvalue weighted by Gasteiger charge is -2.32.